The van der Waals surface area contributed by atoms with Crippen LogP contribution in [0, 0.1) is 0 Å². The lowest BCUT2D eigenvalue weighted by Crippen LogP contribution is -2.04. The third-order valence-corrected chi connectivity index (χ3v) is 3.67. The zero-order valence-corrected chi connectivity index (χ0v) is 11.2. The minimum absolute atomic E-state index is 0.520. The van der Waals surface area contributed by atoms with Gasteiger partial charge in [-0.2, -0.15) is 0 Å². The van der Waals surface area contributed by atoms with E-state index in [4.69, 9.17) is 5.73 Å². The summed E-state index contributed by atoms with van der Waals surface area (Å²) in [4.78, 5) is 8.59. The van der Waals surface area contributed by atoms with Crippen molar-refractivity contribution in [3.63, 3.8) is 0 Å². The Balaban J connectivity index is 2.14. The van der Waals surface area contributed by atoms with Crippen molar-refractivity contribution in [1.29, 1.82) is 0 Å². The fourth-order valence-corrected chi connectivity index (χ4v) is 2.66. The van der Waals surface area contributed by atoms with E-state index in [9.17, 15) is 0 Å². The number of benzene rings is 1. The van der Waals surface area contributed by atoms with E-state index >= 15 is 0 Å². The zero-order valence-electron chi connectivity index (χ0n) is 8.80. The number of hydrogen-bond acceptors (Lipinski definition) is 4. The van der Waals surface area contributed by atoms with Gasteiger partial charge in [0.15, 0.2) is 0 Å². The number of fused-ring (bicyclic) bond motifs is 1. The molecule has 4 nitrogen and oxygen atoms in total. The van der Waals surface area contributed by atoms with Crippen LogP contribution in [0.15, 0.2) is 33.6 Å². The lowest BCUT2D eigenvalue weighted by Gasteiger charge is -2.03. The molecule has 0 amide bonds. The summed E-state index contributed by atoms with van der Waals surface area (Å²) in [6.45, 7) is 0.655. The van der Waals surface area contributed by atoms with Gasteiger partial charge in [-0.1, -0.05) is 15.9 Å². The summed E-state index contributed by atoms with van der Waals surface area (Å²) >= 11 is 5.04. The summed E-state index contributed by atoms with van der Waals surface area (Å²) < 4.78 is 2.99. The van der Waals surface area contributed by atoms with E-state index in [1.54, 1.807) is 11.3 Å². The van der Waals surface area contributed by atoms with Crippen LogP contribution in [0.4, 0.5) is 5.95 Å². The molecule has 0 aliphatic rings. The molecule has 2 heterocycles. The highest BCUT2D eigenvalue weighted by Gasteiger charge is 2.09. The van der Waals surface area contributed by atoms with Crippen molar-refractivity contribution in [1.82, 2.24) is 14.5 Å². The second-order valence-electron chi connectivity index (χ2n) is 3.67. The fourth-order valence-electron chi connectivity index (χ4n) is 1.76. The normalized spacial score (nSPS) is 11.1. The highest BCUT2D eigenvalue weighted by Crippen LogP contribution is 2.23. The monoisotopic (exact) mass is 308 g/mol. The standard InChI is InChI=1S/C11H9BrN4S/c12-7-1-2-9-10(3-7)16(11(13)15-9)4-8-5-17-6-14-8/h1-3,5-6H,4H2,(H2,13,15). The van der Waals surface area contributed by atoms with E-state index in [2.05, 4.69) is 25.9 Å². The fraction of sp³-hybridized carbons (Fsp3) is 0.0909. The first-order valence-electron chi connectivity index (χ1n) is 5.02. The van der Waals surface area contributed by atoms with Gasteiger partial charge >= 0.3 is 0 Å². The maximum absolute atomic E-state index is 5.93. The van der Waals surface area contributed by atoms with Gasteiger partial charge in [-0.25, -0.2) is 9.97 Å². The third kappa shape index (κ3) is 1.94. The zero-order chi connectivity index (χ0) is 11.8. The van der Waals surface area contributed by atoms with Crippen LogP contribution in [0.2, 0.25) is 0 Å². The van der Waals surface area contributed by atoms with Gasteiger partial charge in [-0.3, -0.25) is 0 Å². The molecule has 0 unspecified atom stereocenters. The molecular formula is C11H9BrN4S. The third-order valence-electron chi connectivity index (χ3n) is 2.54. The molecular weight excluding hydrogens is 300 g/mol. The first-order chi connectivity index (χ1) is 8.24. The van der Waals surface area contributed by atoms with E-state index in [-0.39, 0.29) is 0 Å². The smallest absolute Gasteiger partial charge is 0.201 e. The minimum atomic E-state index is 0.520. The number of imidazole rings is 1. The summed E-state index contributed by atoms with van der Waals surface area (Å²) in [6, 6.07) is 5.93. The highest BCUT2D eigenvalue weighted by atomic mass is 79.9. The molecule has 0 saturated heterocycles. The molecule has 3 aromatic rings. The molecule has 0 aliphatic carbocycles. The molecule has 0 radical (unpaired) electrons. The molecule has 3 rings (SSSR count). The summed E-state index contributed by atoms with van der Waals surface area (Å²) in [5.41, 5.74) is 10.7. The Labute approximate surface area is 110 Å². The largest absolute Gasteiger partial charge is 0.369 e. The number of thiazole rings is 1. The van der Waals surface area contributed by atoms with Gasteiger partial charge in [0.2, 0.25) is 5.95 Å². The average Bonchev–Trinajstić information content (AvgIpc) is 2.90. The maximum Gasteiger partial charge on any atom is 0.201 e. The molecule has 17 heavy (non-hydrogen) atoms. The van der Waals surface area contributed by atoms with Gasteiger partial charge in [0.05, 0.1) is 28.8 Å². The summed E-state index contributed by atoms with van der Waals surface area (Å²) in [7, 11) is 0. The number of halogens is 1. The van der Waals surface area contributed by atoms with Crippen molar-refractivity contribution in [2.45, 2.75) is 6.54 Å². The molecule has 0 spiro atoms. The topological polar surface area (TPSA) is 56.7 Å². The number of hydrogen-bond donors (Lipinski definition) is 1. The number of rotatable bonds is 2. The van der Waals surface area contributed by atoms with Crippen LogP contribution in [0.1, 0.15) is 5.69 Å². The molecule has 0 atom stereocenters. The van der Waals surface area contributed by atoms with Gasteiger partial charge < -0.3 is 10.3 Å². The Morgan fingerprint density at radius 1 is 1.41 bits per heavy atom. The van der Waals surface area contributed by atoms with Crippen molar-refractivity contribution < 1.29 is 0 Å². The van der Waals surface area contributed by atoms with Crippen molar-refractivity contribution in [2.24, 2.45) is 0 Å². The van der Waals surface area contributed by atoms with Crippen LogP contribution in [0.25, 0.3) is 11.0 Å². The minimum Gasteiger partial charge on any atom is -0.369 e. The Kier molecular flexibility index (Phi) is 2.60. The van der Waals surface area contributed by atoms with Gasteiger partial charge in [0.1, 0.15) is 0 Å². The van der Waals surface area contributed by atoms with Crippen molar-refractivity contribution in [2.75, 3.05) is 5.73 Å². The summed E-state index contributed by atoms with van der Waals surface area (Å²) in [5, 5.41) is 2.02. The maximum atomic E-state index is 5.93. The van der Waals surface area contributed by atoms with E-state index in [0.717, 1.165) is 21.2 Å². The number of nitrogens with zero attached hydrogens (tertiary/aromatic N) is 3. The Morgan fingerprint density at radius 3 is 3.06 bits per heavy atom. The SMILES string of the molecule is Nc1nc2ccc(Br)cc2n1Cc1cscn1. The van der Waals surface area contributed by atoms with E-state index in [1.165, 1.54) is 0 Å². The predicted octanol–water partition coefficient (Wildman–Crippen LogP) is 2.89. The predicted molar refractivity (Wildman–Crippen MR) is 73.1 cm³/mol. The van der Waals surface area contributed by atoms with Crippen LogP contribution in [-0.2, 0) is 6.54 Å². The van der Waals surface area contributed by atoms with E-state index in [1.807, 2.05) is 33.7 Å². The van der Waals surface area contributed by atoms with Crippen LogP contribution in [-0.4, -0.2) is 14.5 Å². The highest BCUT2D eigenvalue weighted by molar-refractivity contribution is 9.10. The Bertz CT molecular complexity index is 659. The first kappa shape index (κ1) is 10.7. The van der Waals surface area contributed by atoms with Gasteiger partial charge in [-0.05, 0) is 18.2 Å². The van der Waals surface area contributed by atoms with Crippen molar-refractivity contribution in [3.8, 4) is 0 Å². The summed E-state index contributed by atoms with van der Waals surface area (Å²) in [6.07, 6.45) is 0. The molecule has 2 N–H and O–H groups in total. The molecule has 6 heteroatoms. The molecule has 0 bridgehead atoms. The molecule has 86 valence electrons. The molecule has 2 aromatic heterocycles. The van der Waals surface area contributed by atoms with Crippen molar-refractivity contribution in [3.05, 3.63) is 39.3 Å². The van der Waals surface area contributed by atoms with Crippen LogP contribution in [0.5, 0.6) is 0 Å². The van der Waals surface area contributed by atoms with Crippen LogP contribution < -0.4 is 5.73 Å². The van der Waals surface area contributed by atoms with Crippen LogP contribution in [0.3, 0.4) is 0 Å². The second kappa shape index (κ2) is 4.12. The van der Waals surface area contributed by atoms with Gasteiger partial charge in [0.25, 0.3) is 0 Å². The van der Waals surface area contributed by atoms with E-state index in [0.29, 0.717) is 12.5 Å². The lowest BCUT2D eigenvalue weighted by molar-refractivity contribution is 0.816. The number of aromatic nitrogens is 3. The summed E-state index contributed by atoms with van der Waals surface area (Å²) in [5.74, 6) is 0.520. The average molecular weight is 309 g/mol. The van der Waals surface area contributed by atoms with Gasteiger partial charge in [-0.15, -0.1) is 11.3 Å². The second-order valence-corrected chi connectivity index (χ2v) is 5.30. The number of nitrogens with two attached hydrogens (primary N) is 1. The van der Waals surface area contributed by atoms with E-state index < -0.39 is 0 Å². The Morgan fingerprint density at radius 2 is 2.29 bits per heavy atom. The van der Waals surface area contributed by atoms with Crippen LogP contribution >= 0.6 is 27.3 Å². The molecule has 0 fully saturated rings. The quantitative estimate of drug-likeness (QED) is 0.792. The molecule has 1 aromatic carbocycles. The van der Waals surface area contributed by atoms with Gasteiger partial charge in [0, 0.05) is 9.85 Å². The Hall–Kier alpha value is -1.40. The number of anilines is 1. The number of nitrogen functional groups attached to an aromatic ring is 1. The van der Waals surface area contributed by atoms with Crippen molar-refractivity contribution >= 4 is 44.2 Å². The molecule has 0 aliphatic heterocycles. The molecule has 0 saturated carbocycles. The first-order valence-corrected chi connectivity index (χ1v) is 6.76. The lowest BCUT2D eigenvalue weighted by atomic mass is 10.3.